The Morgan fingerprint density at radius 3 is 2.56 bits per heavy atom. The number of benzene rings is 1. The van der Waals surface area contributed by atoms with Crippen molar-refractivity contribution in [3.8, 4) is 0 Å². The van der Waals surface area contributed by atoms with Crippen molar-refractivity contribution in [2.24, 2.45) is 5.92 Å². The molecule has 27 heavy (non-hydrogen) atoms. The normalized spacial score (nSPS) is 28.3. The van der Waals surface area contributed by atoms with Gasteiger partial charge in [0.25, 0.3) is 5.91 Å². The number of hydrogen-bond donors (Lipinski definition) is 2. The molecule has 0 bridgehead atoms. The summed E-state index contributed by atoms with van der Waals surface area (Å²) in [6.45, 7) is 4.24. The monoisotopic (exact) mass is 372 g/mol. The first-order chi connectivity index (χ1) is 13.1. The van der Waals surface area contributed by atoms with E-state index in [1.165, 1.54) is 18.4 Å². The Balaban J connectivity index is 1.40. The second-order valence-corrected chi connectivity index (χ2v) is 8.69. The molecule has 148 valence electrons. The second-order valence-electron chi connectivity index (χ2n) is 8.69. The highest BCUT2D eigenvalue weighted by molar-refractivity contribution is 5.86. The van der Waals surface area contributed by atoms with E-state index in [1.54, 1.807) is 0 Å². The van der Waals surface area contributed by atoms with Crippen molar-refractivity contribution in [3.05, 3.63) is 35.9 Å². The molecular formula is C22H32N2O3. The summed E-state index contributed by atoms with van der Waals surface area (Å²) < 4.78 is 5.60. The third-order valence-corrected chi connectivity index (χ3v) is 6.60. The maximum atomic E-state index is 12.9. The van der Waals surface area contributed by atoms with Gasteiger partial charge in [0, 0.05) is 44.8 Å². The Hall–Kier alpha value is -1.43. The van der Waals surface area contributed by atoms with Crippen LogP contribution >= 0.6 is 0 Å². The molecule has 4 rings (SSSR count). The number of hydrogen-bond acceptors (Lipinski definition) is 4. The zero-order valence-electron chi connectivity index (χ0n) is 16.2. The van der Waals surface area contributed by atoms with Gasteiger partial charge in [0.05, 0.1) is 0 Å². The fraction of sp³-hybridized carbons (Fsp3) is 0.682. The average Bonchev–Trinajstić information content (AvgIpc) is 3.51. The number of nitrogens with one attached hydrogen (secondary N) is 1. The molecule has 2 heterocycles. The molecule has 0 aromatic heterocycles. The van der Waals surface area contributed by atoms with Gasteiger partial charge in [0.15, 0.2) is 5.60 Å². The number of carbonyl (C=O) groups is 1. The fourth-order valence-electron chi connectivity index (χ4n) is 4.65. The minimum atomic E-state index is -1.25. The molecule has 0 unspecified atom stereocenters. The highest BCUT2D eigenvalue weighted by atomic mass is 16.5. The Labute approximate surface area is 162 Å². The van der Waals surface area contributed by atoms with Crippen LogP contribution in [0.15, 0.2) is 30.3 Å². The molecule has 2 saturated heterocycles. The number of aliphatic hydroxyl groups is 1. The predicted octanol–water partition coefficient (Wildman–Crippen LogP) is 2.09. The van der Waals surface area contributed by atoms with Crippen LogP contribution in [0.2, 0.25) is 0 Å². The maximum Gasteiger partial charge on any atom is 0.255 e. The number of likely N-dealkylation sites (tertiary alicyclic amines) is 1. The van der Waals surface area contributed by atoms with Gasteiger partial charge in [-0.15, -0.1) is 0 Å². The molecule has 1 aromatic rings. The van der Waals surface area contributed by atoms with Crippen molar-refractivity contribution in [3.63, 3.8) is 0 Å². The van der Waals surface area contributed by atoms with Gasteiger partial charge < -0.3 is 20.1 Å². The Morgan fingerprint density at radius 2 is 1.85 bits per heavy atom. The highest BCUT2D eigenvalue weighted by Gasteiger charge is 2.44. The van der Waals surface area contributed by atoms with Crippen LogP contribution in [0.25, 0.3) is 0 Å². The zero-order chi connectivity index (χ0) is 18.7. The number of amides is 1. The van der Waals surface area contributed by atoms with Gasteiger partial charge in [0.1, 0.15) is 0 Å². The third kappa shape index (κ3) is 4.20. The van der Waals surface area contributed by atoms with Crippen LogP contribution in [-0.2, 0) is 14.9 Å². The summed E-state index contributed by atoms with van der Waals surface area (Å²) in [5, 5.41) is 14.5. The quantitative estimate of drug-likeness (QED) is 0.769. The van der Waals surface area contributed by atoms with Gasteiger partial charge >= 0.3 is 0 Å². The van der Waals surface area contributed by atoms with Gasteiger partial charge in [-0.1, -0.05) is 30.3 Å². The standard InChI is InChI=1S/C22H32N2O3/c25-20-22(26,9-4-12-24(20)15-18-7-8-18)17-23-16-21(10-13-27-14-11-21)19-5-2-1-3-6-19/h1-3,5-6,18,23,26H,4,7-17H2/t22-/m1/s1. The van der Waals surface area contributed by atoms with E-state index in [0.29, 0.717) is 18.9 Å². The molecular weight excluding hydrogens is 340 g/mol. The zero-order valence-corrected chi connectivity index (χ0v) is 16.2. The van der Waals surface area contributed by atoms with Crippen molar-refractivity contribution >= 4 is 5.91 Å². The van der Waals surface area contributed by atoms with Crippen molar-refractivity contribution < 1.29 is 14.6 Å². The van der Waals surface area contributed by atoms with Gasteiger partial charge in [-0.25, -0.2) is 0 Å². The SMILES string of the molecule is O=C1N(CC2CC2)CCC[C@@]1(O)CNCC1(c2ccccc2)CCOCC1. The molecule has 2 N–H and O–H groups in total. The van der Waals surface area contributed by atoms with Gasteiger partial charge in [-0.2, -0.15) is 0 Å². The summed E-state index contributed by atoms with van der Waals surface area (Å²) in [5.74, 6) is 0.585. The molecule has 1 atom stereocenters. The van der Waals surface area contributed by atoms with Crippen LogP contribution in [0.1, 0.15) is 44.1 Å². The Morgan fingerprint density at radius 1 is 1.11 bits per heavy atom. The number of rotatable bonds is 7. The van der Waals surface area contributed by atoms with Crippen LogP contribution in [0.3, 0.4) is 0 Å². The van der Waals surface area contributed by atoms with Crippen LogP contribution in [0.4, 0.5) is 0 Å². The van der Waals surface area contributed by atoms with E-state index in [2.05, 4.69) is 29.6 Å². The number of nitrogens with zero attached hydrogens (tertiary/aromatic N) is 1. The van der Waals surface area contributed by atoms with Crippen molar-refractivity contribution in [1.29, 1.82) is 0 Å². The summed E-state index contributed by atoms with van der Waals surface area (Å²) in [7, 11) is 0. The lowest BCUT2D eigenvalue weighted by Gasteiger charge is -2.41. The lowest BCUT2D eigenvalue weighted by Crippen LogP contribution is -2.59. The minimum absolute atomic E-state index is 0.0152. The van der Waals surface area contributed by atoms with Crippen molar-refractivity contribution in [2.75, 3.05) is 39.4 Å². The Bertz CT molecular complexity index is 640. The topological polar surface area (TPSA) is 61.8 Å². The second kappa shape index (κ2) is 7.90. The molecule has 1 amide bonds. The van der Waals surface area contributed by atoms with E-state index >= 15 is 0 Å². The van der Waals surface area contributed by atoms with E-state index in [-0.39, 0.29) is 11.3 Å². The van der Waals surface area contributed by atoms with Gasteiger partial charge in [-0.3, -0.25) is 4.79 Å². The van der Waals surface area contributed by atoms with Crippen molar-refractivity contribution in [1.82, 2.24) is 10.2 Å². The summed E-state index contributed by atoms with van der Waals surface area (Å²) in [6, 6.07) is 10.6. The number of ether oxygens (including phenoxy) is 1. The van der Waals surface area contributed by atoms with Crippen LogP contribution in [0, 0.1) is 5.92 Å². The third-order valence-electron chi connectivity index (χ3n) is 6.60. The van der Waals surface area contributed by atoms with Crippen LogP contribution in [0.5, 0.6) is 0 Å². The average molecular weight is 373 g/mol. The molecule has 2 aliphatic heterocycles. The van der Waals surface area contributed by atoms with E-state index < -0.39 is 5.60 Å². The molecule has 0 radical (unpaired) electrons. The van der Waals surface area contributed by atoms with E-state index in [4.69, 9.17) is 4.74 Å². The molecule has 5 heteroatoms. The lowest BCUT2D eigenvalue weighted by molar-refractivity contribution is -0.156. The van der Waals surface area contributed by atoms with E-state index in [1.807, 2.05) is 11.0 Å². The van der Waals surface area contributed by atoms with Crippen LogP contribution in [-0.4, -0.2) is 60.9 Å². The Kier molecular flexibility index (Phi) is 5.53. The number of carbonyl (C=O) groups excluding carboxylic acids is 1. The summed E-state index contributed by atoms with van der Waals surface area (Å²) >= 11 is 0. The van der Waals surface area contributed by atoms with Gasteiger partial charge in [-0.05, 0) is 50.0 Å². The number of piperidine rings is 1. The molecule has 5 nitrogen and oxygen atoms in total. The summed E-state index contributed by atoms with van der Waals surface area (Å²) in [5.41, 5.74) is 0.0791. The first kappa shape index (κ1) is 18.9. The smallest absolute Gasteiger partial charge is 0.255 e. The molecule has 1 aromatic carbocycles. The summed E-state index contributed by atoms with van der Waals surface area (Å²) in [6.07, 6.45) is 5.81. The molecule has 0 spiro atoms. The fourth-order valence-corrected chi connectivity index (χ4v) is 4.65. The largest absolute Gasteiger partial charge is 0.381 e. The first-order valence-electron chi connectivity index (χ1n) is 10.5. The molecule has 3 fully saturated rings. The summed E-state index contributed by atoms with van der Waals surface area (Å²) in [4.78, 5) is 14.8. The predicted molar refractivity (Wildman–Crippen MR) is 105 cm³/mol. The lowest BCUT2D eigenvalue weighted by atomic mass is 9.74. The first-order valence-corrected chi connectivity index (χ1v) is 10.5. The van der Waals surface area contributed by atoms with E-state index in [0.717, 1.165) is 52.1 Å². The maximum absolute atomic E-state index is 12.9. The van der Waals surface area contributed by atoms with Crippen LogP contribution < -0.4 is 5.32 Å². The molecule has 1 saturated carbocycles. The van der Waals surface area contributed by atoms with Gasteiger partial charge in [0.2, 0.25) is 0 Å². The molecule has 3 aliphatic rings. The van der Waals surface area contributed by atoms with Crippen molar-refractivity contribution in [2.45, 2.75) is 49.5 Å². The minimum Gasteiger partial charge on any atom is -0.381 e. The van der Waals surface area contributed by atoms with E-state index in [9.17, 15) is 9.90 Å². The highest BCUT2D eigenvalue weighted by Crippen LogP contribution is 2.35. The molecule has 1 aliphatic carbocycles.